The number of hydrogen-bond acceptors (Lipinski definition) is 4. The van der Waals surface area contributed by atoms with Crippen LogP contribution in [0.15, 0.2) is 23.2 Å². The zero-order valence-electron chi connectivity index (χ0n) is 9.10. The fourth-order valence-corrected chi connectivity index (χ4v) is 4.26. The molecule has 1 aromatic heterocycles. The van der Waals surface area contributed by atoms with Crippen LogP contribution in [0.3, 0.4) is 0 Å². The molecule has 1 aliphatic heterocycles. The lowest BCUT2D eigenvalue weighted by Gasteiger charge is -2.10. The zero-order valence-corrected chi connectivity index (χ0v) is 11.5. The number of halogens is 1. The predicted molar refractivity (Wildman–Crippen MR) is 69.9 cm³/mol. The lowest BCUT2D eigenvalue weighted by atomic mass is 10.1. The van der Waals surface area contributed by atoms with Crippen LogP contribution >= 0.6 is 23.4 Å². The summed E-state index contributed by atoms with van der Waals surface area (Å²) in [7, 11) is -3.45. The van der Waals surface area contributed by atoms with Crippen molar-refractivity contribution in [2.75, 3.05) is 18.1 Å². The Labute approximate surface area is 110 Å². The van der Waals surface area contributed by atoms with Gasteiger partial charge in [0.25, 0.3) is 0 Å². The van der Waals surface area contributed by atoms with Gasteiger partial charge in [0.15, 0.2) is 0 Å². The number of thioether (sulfide) groups is 1. The molecule has 1 atom stereocenters. The molecule has 7 heteroatoms. The smallest absolute Gasteiger partial charge is 0.240 e. The molecule has 0 saturated carbocycles. The molecule has 2 rings (SSSR count). The third kappa shape index (κ3) is 3.58. The predicted octanol–water partition coefficient (Wildman–Crippen LogP) is 1.77. The Morgan fingerprint density at radius 1 is 1.59 bits per heavy atom. The fraction of sp³-hybridized carbons (Fsp3) is 0.500. The van der Waals surface area contributed by atoms with E-state index in [1.807, 2.05) is 11.8 Å². The number of rotatable bonds is 4. The number of aromatic nitrogens is 1. The molecule has 0 bridgehead atoms. The maximum Gasteiger partial charge on any atom is 0.240 e. The van der Waals surface area contributed by atoms with Gasteiger partial charge in [-0.2, -0.15) is 11.8 Å². The van der Waals surface area contributed by atoms with E-state index in [-0.39, 0.29) is 10.0 Å². The van der Waals surface area contributed by atoms with Gasteiger partial charge in [-0.1, -0.05) is 11.6 Å². The van der Waals surface area contributed by atoms with E-state index < -0.39 is 10.0 Å². The first kappa shape index (κ1) is 13.1. The Morgan fingerprint density at radius 3 is 3.06 bits per heavy atom. The van der Waals surface area contributed by atoms with Crippen LogP contribution in [-0.4, -0.2) is 31.5 Å². The summed E-state index contributed by atoms with van der Waals surface area (Å²) < 4.78 is 26.5. The molecule has 1 N–H and O–H groups in total. The van der Waals surface area contributed by atoms with Crippen molar-refractivity contribution in [3.05, 3.63) is 23.5 Å². The minimum atomic E-state index is -3.45. The second-order valence-electron chi connectivity index (χ2n) is 3.90. The third-order valence-corrected chi connectivity index (χ3v) is 5.45. The molecule has 0 aromatic carbocycles. The van der Waals surface area contributed by atoms with E-state index in [0.717, 1.165) is 17.9 Å². The monoisotopic (exact) mass is 292 g/mol. The van der Waals surface area contributed by atoms with Crippen LogP contribution in [0.2, 0.25) is 5.15 Å². The maximum absolute atomic E-state index is 11.9. The van der Waals surface area contributed by atoms with Crippen molar-refractivity contribution in [1.29, 1.82) is 0 Å². The van der Waals surface area contributed by atoms with Gasteiger partial charge in [0.2, 0.25) is 10.0 Å². The van der Waals surface area contributed by atoms with Crippen LogP contribution in [0.5, 0.6) is 0 Å². The minimum absolute atomic E-state index is 0.170. The molecule has 1 aliphatic rings. The molecule has 0 spiro atoms. The average molecular weight is 293 g/mol. The molecular weight excluding hydrogens is 280 g/mol. The van der Waals surface area contributed by atoms with Gasteiger partial charge in [-0.25, -0.2) is 18.1 Å². The van der Waals surface area contributed by atoms with Gasteiger partial charge in [0.1, 0.15) is 5.15 Å². The van der Waals surface area contributed by atoms with E-state index in [1.54, 1.807) is 0 Å². The number of pyridine rings is 1. The van der Waals surface area contributed by atoms with Crippen molar-refractivity contribution in [3.63, 3.8) is 0 Å². The number of sulfonamides is 1. The average Bonchev–Trinajstić information content (AvgIpc) is 2.79. The Balaban J connectivity index is 2.03. The van der Waals surface area contributed by atoms with Gasteiger partial charge in [-0.15, -0.1) is 0 Å². The Kier molecular flexibility index (Phi) is 4.30. The number of nitrogens with one attached hydrogen (secondary N) is 1. The molecular formula is C10H13ClN2O2S2. The summed E-state index contributed by atoms with van der Waals surface area (Å²) in [5.74, 6) is 2.58. The Bertz CT molecular complexity index is 487. The van der Waals surface area contributed by atoms with Crippen molar-refractivity contribution in [2.45, 2.75) is 11.3 Å². The highest BCUT2D eigenvalue weighted by Gasteiger charge is 2.20. The van der Waals surface area contributed by atoms with Crippen LogP contribution in [0.25, 0.3) is 0 Å². The van der Waals surface area contributed by atoms with Gasteiger partial charge in [0.05, 0.1) is 4.90 Å². The standard InChI is InChI=1S/C10H13ClN2O2S2/c11-10-5-9(1-3-12-10)17(14,15)13-6-8-2-4-16-7-8/h1,3,5,8,13H,2,4,6-7H2. The lowest BCUT2D eigenvalue weighted by Crippen LogP contribution is -2.29. The van der Waals surface area contributed by atoms with Crippen LogP contribution in [0.4, 0.5) is 0 Å². The van der Waals surface area contributed by atoms with Crippen LogP contribution < -0.4 is 4.72 Å². The van der Waals surface area contributed by atoms with Crippen molar-refractivity contribution in [3.8, 4) is 0 Å². The molecule has 0 aliphatic carbocycles. The number of nitrogens with zero attached hydrogens (tertiary/aromatic N) is 1. The molecule has 0 amide bonds. The summed E-state index contributed by atoms with van der Waals surface area (Å²) in [5, 5.41) is 0.185. The molecule has 4 nitrogen and oxygen atoms in total. The molecule has 0 radical (unpaired) electrons. The highest BCUT2D eigenvalue weighted by molar-refractivity contribution is 7.99. The summed E-state index contributed by atoms with van der Waals surface area (Å²) in [5.41, 5.74) is 0. The molecule has 1 unspecified atom stereocenters. The minimum Gasteiger partial charge on any atom is -0.244 e. The van der Waals surface area contributed by atoms with Crippen molar-refractivity contribution >= 4 is 33.4 Å². The lowest BCUT2D eigenvalue weighted by molar-refractivity contribution is 0.545. The highest BCUT2D eigenvalue weighted by atomic mass is 35.5. The first-order valence-corrected chi connectivity index (χ1v) is 8.28. The first-order valence-electron chi connectivity index (χ1n) is 5.27. The normalized spacial score (nSPS) is 20.6. The number of hydrogen-bond donors (Lipinski definition) is 1. The van der Waals surface area contributed by atoms with Crippen molar-refractivity contribution in [1.82, 2.24) is 9.71 Å². The first-order chi connectivity index (χ1) is 8.08. The Morgan fingerprint density at radius 2 is 2.41 bits per heavy atom. The van der Waals surface area contributed by atoms with E-state index in [0.29, 0.717) is 12.5 Å². The molecule has 94 valence electrons. The van der Waals surface area contributed by atoms with E-state index in [4.69, 9.17) is 11.6 Å². The van der Waals surface area contributed by atoms with Crippen LogP contribution in [-0.2, 0) is 10.0 Å². The Hall–Kier alpha value is -0.300. The molecule has 2 heterocycles. The van der Waals surface area contributed by atoms with Gasteiger partial charge < -0.3 is 0 Å². The highest BCUT2D eigenvalue weighted by Crippen LogP contribution is 2.23. The summed E-state index contributed by atoms with van der Waals surface area (Å²) in [4.78, 5) is 3.93. The molecule has 1 fully saturated rings. The van der Waals surface area contributed by atoms with E-state index in [9.17, 15) is 8.42 Å². The van der Waals surface area contributed by atoms with Crippen molar-refractivity contribution < 1.29 is 8.42 Å². The summed E-state index contributed by atoms with van der Waals surface area (Å²) in [6.45, 7) is 0.495. The second kappa shape index (κ2) is 5.56. The van der Waals surface area contributed by atoms with Crippen LogP contribution in [0, 0.1) is 5.92 Å². The largest absolute Gasteiger partial charge is 0.244 e. The third-order valence-electron chi connectivity index (χ3n) is 2.59. The molecule has 1 saturated heterocycles. The summed E-state index contributed by atoms with van der Waals surface area (Å²) in [6.07, 6.45) is 2.46. The van der Waals surface area contributed by atoms with E-state index in [1.165, 1.54) is 18.3 Å². The second-order valence-corrected chi connectivity index (χ2v) is 7.20. The van der Waals surface area contributed by atoms with Gasteiger partial charge in [-0.3, -0.25) is 0 Å². The van der Waals surface area contributed by atoms with E-state index >= 15 is 0 Å². The zero-order chi connectivity index (χ0) is 12.3. The van der Waals surface area contributed by atoms with Gasteiger partial charge >= 0.3 is 0 Å². The topological polar surface area (TPSA) is 59.1 Å². The molecule has 1 aromatic rings. The quantitative estimate of drug-likeness (QED) is 0.859. The fourth-order valence-electron chi connectivity index (χ4n) is 1.61. The van der Waals surface area contributed by atoms with Crippen LogP contribution in [0.1, 0.15) is 6.42 Å². The van der Waals surface area contributed by atoms with Gasteiger partial charge in [0, 0.05) is 12.7 Å². The van der Waals surface area contributed by atoms with Crippen molar-refractivity contribution in [2.24, 2.45) is 5.92 Å². The maximum atomic E-state index is 11.9. The molecule has 17 heavy (non-hydrogen) atoms. The summed E-state index contributed by atoms with van der Waals surface area (Å²) in [6, 6.07) is 2.80. The summed E-state index contributed by atoms with van der Waals surface area (Å²) >= 11 is 7.54. The SMILES string of the molecule is O=S(=O)(NCC1CCSC1)c1ccnc(Cl)c1. The van der Waals surface area contributed by atoms with E-state index in [2.05, 4.69) is 9.71 Å². The van der Waals surface area contributed by atoms with Gasteiger partial charge in [-0.05, 0) is 36.0 Å².